The third-order valence-corrected chi connectivity index (χ3v) is 2.94. The highest BCUT2D eigenvalue weighted by atomic mass is 16.5. The van der Waals surface area contributed by atoms with E-state index in [2.05, 4.69) is 10.3 Å². The van der Waals surface area contributed by atoms with Crippen molar-refractivity contribution in [3.8, 4) is 0 Å². The first-order valence-electron chi connectivity index (χ1n) is 5.19. The zero-order valence-corrected chi connectivity index (χ0v) is 8.67. The fourth-order valence-electron chi connectivity index (χ4n) is 1.96. The summed E-state index contributed by atoms with van der Waals surface area (Å²) in [7, 11) is 0. The summed E-state index contributed by atoms with van der Waals surface area (Å²) in [5.74, 6) is 0.742. The van der Waals surface area contributed by atoms with Crippen molar-refractivity contribution in [3.05, 3.63) is 0 Å². The van der Waals surface area contributed by atoms with Gasteiger partial charge in [0.05, 0.1) is 0 Å². The van der Waals surface area contributed by atoms with Crippen molar-refractivity contribution in [3.63, 3.8) is 0 Å². The molecule has 4 heteroatoms. The Hall–Kier alpha value is -0.900. The molecule has 2 atom stereocenters. The molecule has 2 aliphatic heterocycles. The minimum Gasteiger partial charge on any atom is -0.367 e. The predicted molar refractivity (Wildman–Crippen MR) is 53.2 cm³/mol. The zero-order valence-electron chi connectivity index (χ0n) is 8.67. The van der Waals surface area contributed by atoms with Crippen LogP contribution in [0.25, 0.3) is 0 Å². The summed E-state index contributed by atoms with van der Waals surface area (Å²) in [4.78, 5) is 15.8. The first-order chi connectivity index (χ1) is 6.65. The Kier molecular flexibility index (Phi) is 2.31. The van der Waals surface area contributed by atoms with Gasteiger partial charge in [-0.2, -0.15) is 0 Å². The summed E-state index contributed by atoms with van der Waals surface area (Å²) in [5.41, 5.74) is -0.348. The number of hydrogen-bond donors (Lipinski definition) is 1. The molecule has 14 heavy (non-hydrogen) atoms. The standard InChI is InChI=1S/C10H16N2O2/c1-3-7-8(13)12-9(11-7)10(2)5-4-6-14-10/h7H,3-6H2,1-2H3,(H,11,12,13). The first kappa shape index (κ1) is 9.65. The average Bonchev–Trinajstić information content (AvgIpc) is 2.73. The molecule has 0 aromatic rings. The van der Waals surface area contributed by atoms with Gasteiger partial charge in [-0.05, 0) is 26.2 Å². The lowest BCUT2D eigenvalue weighted by Crippen LogP contribution is -2.43. The van der Waals surface area contributed by atoms with Crippen LogP contribution in [-0.2, 0) is 9.53 Å². The molecule has 0 aromatic heterocycles. The molecule has 2 aliphatic rings. The van der Waals surface area contributed by atoms with Crippen molar-refractivity contribution < 1.29 is 9.53 Å². The minimum absolute atomic E-state index is 0.0132. The number of aliphatic imine (C=N–C) groups is 1. The second-order valence-electron chi connectivity index (χ2n) is 4.07. The highest BCUT2D eigenvalue weighted by Crippen LogP contribution is 2.28. The summed E-state index contributed by atoms with van der Waals surface area (Å²) in [6.45, 7) is 4.73. The molecule has 0 aliphatic carbocycles. The zero-order chi connectivity index (χ0) is 10.2. The van der Waals surface area contributed by atoms with Gasteiger partial charge < -0.3 is 10.1 Å². The minimum atomic E-state index is -0.348. The first-order valence-corrected chi connectivity index (χ1v) is 5.19. The van der Waals surface area contributed by atoms with Crippen molar-refractivity contribution in [1.29, 1.82) is 0 Å². The molecule has 1 amide bonds. The molecule has 0 spiro atoms. The monoisotopic (exact) mass is 196 g/mol. The molecule has 2 unspecified atom stereocenters. The van der Waals surface area contributed by atoms with Gasteiger partial charge in [0.15, 0.2) is 0 Å². The fourth-order valence-corrected chi connectivity index (χ4v) is 1.96. The fraction of sp³-hybridized carbons (Fsp3) is 0.800. The smallest absolute Gasteiger partial charge is 0.250 e. The number of amides is 1. The van der Waals surface area contributed by atoms with Crippen LogP contribution in [0.1, 0.15) is 33.1 Å². The Balaban J connectivity index is 2.16. The largest absolute Gasteiger partial charge is 0.367 e. The summed E-state index contributed by atoms with van der Waals surface area (Å²) in [5, 5.41) is 2.82. The SMILES string of the molecule is CCC1N=C(C2(C)CCCO2)NC1=O. The Morgan fingerprint density at radius 2 is 2.50 bits per heavy atom. The Morgan fingerprint density at radius 1 is 1.71 bits per heavy atom. The van der Waals surface area contributed by atoms with Gasteiger partial charge in [0, 0.05) is 6.61 Å². The number of ether oxygens (including phenoxy) is 1. The highest BCUT2D eigenvalue weighted by Gasteiger charge is 2.40. The van der Waals surface area contributed by atoms with Crippen LogP contribution in [0.5, 0.6) is 0 Å². The second kappa shape index (κ2) is 3.35. The van der Waals surface area contributed by atoms with E-state index in [1.54, 1.807) is 0 Å². The predicted octanol–water partition coefficient (Wildman–Crippen LogP) is 0.862. The second-order valence-corrected chi connectivity index (χ2v) is 4.07. The van der Waals surface area contributed by atoms with E-state index in [9.17, 15) is 4.79 Å². The Labute approximate surface area is 83.7 Å². The van der Waals surface area contributed by atoms with Gasteiger partial charge in [-0.3, -0.25) is 9.79 Å². The van der Waals surface area contributed by atoms with Crippen LogP contribution in [0.3, 0.4) is 0 Å². The number of nitrogens with one attached hydrogen (secondary N) is 1. The van der Waals surface area contributed by atoms with Crippen LogP contribution in [0, 0.1) is 0 Å². The van der Waals surface area contributed by atoms with Gasteiger partial charge >= 0.3 is 0 Å². The van der Waals surface area contributed by atoms with Crippen LogP contribution in [0.2, 0.25) is 0 Å². The van der Waals surface area contributed by atoms with E-state index in [1.165, 1.54) is 0 Å². The molecular formula is C10H16N2O2. The molecular weight excluding hydrogens is 180 g/mol. The van der Waals surface area contributed by atoms with Crippen molar-refractivity contribution in [2.75, 3.05) is 6.61 Å². The van der Waals surface area contributed by atoms with E-state index in [-0.39, 0.29) is 17.6 Å². The molecule has 2 heterocycles. The van der Waals surface area contributed by atoms with Gasteiger partial charge in [-0.15, -0.1) is 0 Å². The molecule has 78 valence electrons. The maximum Gasteiger partial charge on any atom is 0.250 e. The molecule has 2 rings (SSSR count). The lowest BCUT2D eigenvalue weighted by atomic mass is 10.0. The number of amidine groups is 1. The third-order valence-electron chi connectivity index (χ3n) is 2.94. The maximum atomic E-state index is 11.4. The Morgan fingerprint density at radius 3 is 3.00 bits per heavy atom. The lowest BCUT2D eigenvalue weighted by Gasteiger charge is -2.22. The van der Waals surface area contributed by atoms with Crippen molar-refractivity contribution in [2.45, 2.75) is 44.8 Å². The summed E-state index contributed by atoms with van der Waals surface area (Å²) < 4.78 is 5.62. The maximum absolute atomic E-state index is 11.4. The Bertz CT molecular complexity index is 280. The van der Waals surface area contributed by atoms with Crippen LogP contribution < -0.4 is 5.32 Å². The van der Waals surface area contributed by atoms with E-state index in [0.29, 0.717) is 0 Å². The summed E-state index contributed by atoms with van der Waals surface area (Å²) in [6, 6.07) is -0.203. The van der Waals surface area contributed by atoms with Crippen molar-refractivity contribution in [2.24, 2.45) is 4.99 Å². The molecule has 4 nitrogen and oxygen atoms in total. The number of carbonyl (C=O) groups is 1. The number of hydrogen-bond acceptors (Lipinski definition) is 3. The van der Waals surface area contributed by atoms with Gasteiger partial charge in [0.1, 0.15) is 17.5 Å². The van der Waals surface area contributed by atoms with Gasteiger partial charge in [-0.25, -0.2) is 0 Å². The molecule has 0 bridgehead atoms. The molecule has 0 aromatic carbocycles. The quantitative estimate of drug-likeness (QED) is 0.712. The number of nitrogens with zero attached hydrogens (tertiary/aromatic N) is 1. The van der Waals surface area contributed by atoms with Gasteiger partial charge in [-0.1, -0.05) is 6.92 Å². The normalized spacial score (nSPS) is 37.1. The molecule has 1 fully saturated rings. The molecule has 1 N–H and O–H groups in total. The van der Waals surface area contributed by atoms with E-state index in [4.69, 9.17) is 4.74 Å². The molecule has 0 radical (unpaired) electrons. The highest BCUT2D eigenvalue weighted by molar-refractivity contribution is 6.09. The summed E-state index contributed by atoms with van der Waals surface area (Å²) in [6.07, 6.45) is 2.75. The van der Waals surface area contributed by atoms with E-state index < -0.39 is 0 Å². The summed E-state index contributed by atoms with van der Waals surface area (Å²) >= 11 is 0. The van der Waals surface area contributed by atoms with Crippen LogP contribution >= 0.6 is 0 Å². The van der Waals surface area contributed by atoms with Crippen LogP contribution in [0.4, 0.5) is 0 Å². The molecule has 1 saturated heterocycles. The van der Waals surface area contributed by atoms with Gasteiger partial charge in [0.25, 0.3) is 0 Å². The van der Waals surface area contributed by atoms with Gasteiger partial charge in [0.2, 0.25) is 5.91 Å². The van der Waals surface area contributed by atoms with Crippen molar-refractivity contribution >= 4 is 11.7 Å². The third kappa shape index (κ3) is 1.43. The lowest BCUT2D eigenvalue weighted by molar-refractivity contribution is -0.120. The van der Waals surface area contributed by atoms with Crippen molar-refractivity contribution in [1.82, 2.24) is 5.32 Å². The topological polar surface area (TPSA) is 50.7 Å². The van der Waals surface area contributed by atoms with E-state index in [1.807, 2.05) is 13.8 Å². The average molecular weight is 196 g/mol. The number of carbonyl (C=O) groups excluding carboxylic acids is 1. The van der Waals surface area contributed by atoms with Crippen LogP contribution in [0.15, 0.2) is 4.99 Å². The van der Waals surface area contributed by atoms with E-state index >= 15 is 0 Å². The number of rotatable bonds is 2. The van der Waals surface area contributed by atoms with E-state index in [0.717, 1.165) is 31.7 Å². The molecule has 0 saturated carbocycles. The van der Waals surface area contributed by atoms with Crippen LogP contribution in [-0.4, -0.2) is 30.0 Å².